The van der Waals surface area contributed by atoms with Crippen LogP contribution < -0.4 is 19.6 Å². The fourth-order valence-corrected chi connectivity index (χ4v) is 18.4. The Bertz CT molecular complexity index is 4540. The second-order valence-corrected chi connectivity index (χ2v) is 34.8. The van der Waals surface area contributed by atoms with Crippen LogP contribution in [-0.2, 0) is 56.8 Å². The van der Waals surface area contributed by atoms with Crippen LogP contribution in [0.15, 0.2) is 279 Å². The highest BCUT2D eigenvalue weighted by Crippen LogP contribution is 2.55. The number of nitrogens with zero attached hydrogens (tertiary/aromatic N) is 4. The summed E-state index contributed by atoms with van der Waals surface area (Å²) in [4.78, 5) is 9.75. The van der Waals surface area contributed by atoms with Crippen LogP contribution in [0.25, 0.3) is 11.1 Å². The third-order valence-corrected chi connectivity index (χ3v) is 25.5. The SMILES string of the molecule is CCCCc1ccc(N(c2ccc(CCCC)cc2)c2ccc(N(c3ccc(CCCC)cc3)c3ccc(CCCCCCCCC4(CCCCCCCCc5ccc(N(c6ccc(CCCC)cc6)c6ccc(N(c7ccc(CCCC)cc7)c7ccc(CCCC)cc7)cc6)cc5)c5ccc(C)cc5-c5cc(C)ccc54)cc3)cc2)cc1. The topological polar surface area (TPSA) is 13.0 Å². The van der Waals surface area contributed by atoms with E-state index in [-0.39, 0.29) is 5.41 Å². The van der Waals surface area contributed by atoms with E-state index >= 15 is 0 Å². The molecule has 0 saturated carbocycles. The number of unbranched alkanes of at least 4 members (excludes halogenated alkanes) is 16. The number of hydrogen-bond donors (Lipinski definition) is 0. The van der Waals surface area contributed by atoms with Gasteiger partial charge in [-0.15, -0.1) is 0 Å². The zero-order chi connectivity index (χ0) is 82.4. The zero-order valence-corrected chi connectivity index (χ0v) is 73.9. The van der Waals surface area contributed by atoms with E-state index < -0.39 is 0 Å². The maximum atomic E-state index is 2.52. The molecule has 4 heteroatoms. The van der Waals surface area contributed by atoms with E-state index in [1.54, 1.807) is 11.1 Å². The molecule has 0 amide bonds. The van der Waals surface area contributed by atoms with Crippen LogP contribution in [0.5, 0.6) is 0 Å². The Labute approximate surface area is 719 Å². The molecule has 0 aliphatic heterocycles. The Kier molecular flexibility index (Phi) is 32.6. The van der Waals surface area contributed by atoms with Crippen molar-refractivity contribution in [2.45, 2.75) is 279 Å². The van der Waals surface area contributed by atoms with E-state index in [0.29, 0.717) is 0 Å². The Morgan fingerprint density at radius 2 is 0.336 bits per heavy atom. The minimum Gasteiger partial charge on any atom is -0.311 e. The molecule has 4 nitrogen and oxygen atoms in total. The predicted octanol–water partition coefficient (Wildman–Crippen LogP) is 34.5. The second-order valence-electron chi connectivity index (χ2n) is 34.8. The van der Waals surface area contributed by atoms with Gasteiger partial charge < -0.3 is 19.6 Å². The van der Waals surface area contributed by atoms with Crippen LogP contribution in [0, 0.1) is 13.8 Å². The average Bonchev–Trinajstić information content (AvgIpc) is 1.56. The van der Waals surface area contributed by atoms with Crippen molar-refractivity contribution in [1.82, 2.24) is 0 Å². The molecule has 0 unspecified atom stereocenters. The summed E-state index contributed by atoms with van der Waals surface area (Å²) >= 11 is 0. The first-order chi connectivity index (χ1) is 58.5. The van der Waals surface area contributed by atoms with Gasteiger partial charge in [-0.2, -0.15) is 0 Å². The van der Waals surface area contributed by atoms with Gasteiger partial charge in [-0.05, 0) is 342 Å². The Morgan fingerprint density at radius 1 is 0.176 bits per heavy atom. The second kappa shape index (κ2) is 44.8. The molecule has 0 N–H and O–H groups in total. The summed E-state index contributed by atoms with van der Waals surface area (Å²) < 4.78 is 0. The molecule has 12 aromatic carbocycles. The van der Waals surface area contributed by atoms with E-state index in [0.717, 1.165) is 74.1 Å². The summed E-state index contributed by atoms with van der Waals surface area (Å²) in [6.07, 6.45) is 41.1. The van der Waals surface area contributed by atoms with E-state index in [2.05, 4.69) is 354 Å². The molecular formula is C115H138N4. The van der Waals surface area contributed by atoms with E-state index in [1.165, 1.54) is 279 Å². The highest BCUT2D eigenvalue weighted by atomic mass is 15.2. The van der Waals surface area contributed by atoms with E-state index in [4.69, 9.17) is 0 Å². The van der Waals surface area contributed by atoms with Crippen molar-refractivity contribution in [2.75, 3.05) is 19.6 Å². The molecule has 618 valence electrons. The highest BCUT2D eigenvalue weighted by Gasteiger charge is 2.42. The standard InChI is InChI=1S/C115H138N4/c1-9-15-33-91-43-59-99(60-44-91)116(100-61-45-92(46-62-100)34-16-10-2)107-75-79-109(80-76-107)118(103-67-51-95(52-68-103)37-19-13-5)105-71-55-97(56-72-105)39-29-25-21-23-27-31-85-115(113-83-41-89(7)87-111(113)112-88-90(8)42-84-114(112)115)86-32-28-24-22-26-30-40-98-57-73-106(74-58-98)119(104-69-53-96(54-70-104)38-20-14-6)110-81-77-108(78-82-110)117(101-63-47-93(48-64-101)35-17-11-3)102-65-49-94(50-66-102)36-18-12-4/h41-84,87-88H,9-40,85-86H2,1-8H3. The number of aryl methyl sites for hydroxylation is 10. The van der Waals surface area contributed by atoms with Crippen molar-refractivity contribution in [3.63, 3.8) is 0 Å². The maximum Gasteiger partial charge on any atom is 0.0463 e. The van der Waals surface area contributed by atoms with Gasteiger partial charge in [0.1, 0.15) is 0 Å². The first-order valence-electron chi connectivity index (χ1n) is 46.9. The molecule has 119 heavy (non-hydrogen) atoms. The lowest BCUT2D eigenvalue weighted by molar-refractivity contribution is 0.397. The van der Waals surface area contributed by atoms with Gasteiger partial charge >= 0.3 is 0 Å². The minimum atomic E-state index is 0.0735. The highest BCUT2D eigenvalue weighted by molar-refractivity contribution is 5.85. The Morgan fingerprint density at radius 3 is 0.521 bits per heavy atom. The lowest BCUT2D eigenvalue weighted by Crippen LogP contribution is -2.25. The lowest BCUT2D eigenvalue weighted by Gasteiger charge is -2.33. The summed E-state index contributed by atoms with van der Waals surface area (Å²) in [5.41, 5.74) is 34.3. The van der Waals surface area contributed by atoms with E-state index in [1.807, 2.05) is 0 Å². The van der Waals surface area contributed by atoms with Crippen molar-refractivity contribution < 1.29 is 0 Å². The van der Waals surface area contributed by atoms with Crippen molar-refractivity contribution in [2.24, 2.45) is 0 Å². The van der Waals surface area contributed by atoms with Gasteiger partial charge in [-0.1, -0.05) is 289 Å². The third-order valence-electron chi connectivity index (χ3n) is 25.5. The summed E-state index contributed by atoms with van der Waals surface area (Å²) in [6, 6.07) is 108. The zero-order valence-electron chi connectivity index (χ0n) is 73.9. The number of hydrogen-bond acceptors (Lipinski definition) is 4. The van der Waals surface area contributed by atoms with Crippen molar-refractivity contribution >= 4 is 68.2 Å². The molecule has 0 aromatic heterocycles. The molecule has 13 rings (SSSR count). The summed E-state index contributed by atoms with van der Waals surface area (Å²) in [6.45, 7) is 18.2. The normalized spacial score (nSPS) is 12.1. The van der Waals surface area contributed by atoms with Crippen molar-refractivity contribution in [3.05, 3.63) is 346 Å². The Balaban J connectivity index is 0.609. The van der Waals surface area contributed by atoms with Gasteiger partial charge in [0.15, 0.2) is 0 Å². The molecule has 1 aliphatic rings. The fourth-order valence-electron chi connectivity index (χ4n) is 18.4. The third kappa shape index (κ3) is 23.3. The van der Waals surface area contributed by atoms with Crippen LogP contribution in [-0.4, -0.2) is 0 Å². The number of fused-ring (bicyclic) bond motifs is 3. The molecule has 1 aliphatic carbocycles. The number of anilines is 12. The van der Waals surface area contributed by atoms with Crippen molar-refractivity contribution in [3.8, 4) is 11.1 Å². The quantitative estimate of drug-likeness (QED) is 0.0352. The molecule has 0 heterocycles. The number of benzene rings is 12. The monoisotopic (exact) mass is 1580 g/mol. The van der Waals surface area contributed by atoms with Crippen LogP contribution in [0.2, 0.25) is 0 Å². The summed E-state index contributed by atoms with van der Waals surface area (Å²) in [7, 11) is 0. The van der Waals surface area contributed by atoms with Crippen LogP contribution >= 0.6 is 0 Å². The fraction of sp³-hybridized carbons (Fsp3) is 0.374. The van der Waals surface area contributed by atoms with Crippen molar-refractivity contribution in [1.29, 1.82) is 0 Å². The molecule has 0 saturated heterocycles. The van der Waals surface area contributed by atoms with Gasteiger partial charge in [0.25, 0.3) is 0 Å². The summed E-state index contributed by atoms with van der Waals surface area (Å²) in [5.74, 6) is 0. The van der Waals surface area contributed by atoms with Crippen LogP contribution in [0.3, 0.4) is 0 Å². The molecule has 12 aromatic rings. The Hall–Kier alpha value is -10.2. The molecular weight excluding hydrogens is 1440 g/mol. The first-order valence-corrected chi connectivity index (χ1v) is 46.9. The van der Waals surface area contributed by atoms with Gasteiger partial charge in [-0.25, -0.2) is 0 Å². The molecule has 0 atom stereocenters. The molecule has 0 spiro atoms. The van der Waals surface area contributed by atoms with Gasteiger partial charge in [0.05, 0.1) is 0 Å². The lowest BCUT2D eigenvalue weighted by atomic mass is 9.70. The average molecular weight is 1580 g/mol. The molecule has 0 fully saturated rings. The van der Waals surface area contributed by atoms with Gasteiger partial charge in [-0.3, -0.25) is 0 Å². The predicted molar refractivity (Wildman–Crippen MR) is 517 cm³/mol. The van der Waals surface area contributed by atoms with Gasteiger partial charge in [0, 0.05) is 73.7 Å². The van der Waals surface area contributed by atoms with Crippen LogP contribution in [0.1, 0.15) is 275 Å². The first kappa shape index (κ1) is 86.7. The smallest absolute Gasteiger partial charge is 0.0463 e. The van der Waals surface area contributed by atoms with E-state index in [9.17, 15) is 0 Å². The maximum absolute atomic E-state index is 2.52. The van der Waals surface area contributed by atoms with Gasteiger partial charge in [0.2, 0.25) is 0 Å². The number of rotatable bonds is 48. The summed E-state index contributed by atoms with van der Waals surface area (Å²) in [5, 5.41) is 0. The van der Waals surface area contributed by atoms with Crippen LogP contribution in [0.4, 0.5) is 68.2 Å². The molecule has 0 bridgehead atoms. The largest absolute Gasteiger partial charge is 0.311 e. The molecule has 0 radical (unpaired) electrons. The minimum absolute atomic E-state index is 0.0735.